The SMILES string of the molecule is CCOC(=O)CCCNC(=O)N(CC(=O)O)C(C)CC. The summed E-state index contributed by atoms with van der Waals surface area (Å²) in [6.07, 6.45) is 1.37. The van der Waals surface area contributed by atoms with Crippen molar-refractivity contribution < 1.29 is 24.2 Å². The van der Waals surface area contributed by atoms with Gasteiger partial charge in [-0.1, -0.05) is 6.92 Å². The third kappa shape index (κ3) is 7.60. The molecule has 0 aliphatic carbocycles. The summed E-state index contributed by atoms with van der Waals surface area (Å²) in [6, 6.07) is -0.582. The molecule has 0 bridgehead atoms. The maximum atomic E-state index is 11.9. The van der Waals surface area contributed by atoms with Crippen molar-refractivity contribution in [1.82, 2.24) is 10.2 Å². The first-order chi connectivity index (χ1) is 9.42. The first-order valence-electron chi connectivity index (χ1n) is 6.84. The molecule has 2 amide bonds. The Bertz CT molecular complexity index is 333. The van der Waals surface area contributed by atoms with Crippen LogP contribution in [0.25, 0.3) is 0 Å². The van der Waals surface area contributed by atoms with Gasteiger partial charge in [0.1, 0.15) is 6.54 Å². The molecule has 7 nitrogen and oxygen atoms in total. The van der Waals surface area contributed by atoms with Crippen LogP contribution in [0.2, 0.25) is 0 Å². The van der Waals surface area contributed by atoms with E-state index in [1.807, 2.05) is 6.92 Å². The Kier molecular flexibility index (Phi) is 9.15. The number of amides is 2. The van der Waals surface area contributed by atoms with E-state index >= 15 is 0 Å². The van der Waals surface area contributed by atoms with Gasteiger partial charge in [0.05, 0.1) is 6.61 Å². The van der Waals surface area contributed by atoms with Crippen LogP contribution in [-0.4, -0.2) is 53.7 Å². The summed E-state index contributed by atoms with van der Waals surface area (Å²) < 4.78 is 4.76. The van der Waals surface area contributed by atoms with Crippen LogP contribution in [0.3, 0.4) is 0 Å². The number of carbonyl (C=O) groups is 3. The van der Waals surface area contributed by atoms with Crippen LogP contribution in [0.1, 0.15) is 40.0 Å². The van der Waals surface area contributed by atoms with Gasteiger partial charge in [-0.05, 0) is 26.7 Å². The van der Waals surface area contributed by atoms with Gasteiger partial charge in [0.15, 0.2) is 0 Å². The van der Waals surface area contributed by atoms with Gasteiger partial charge in [0.25, 0.3) is 0 Å². The first kappa shape index (κ1) is 18.2. The molecule has 0 spiro atoms. The van der Waals surface area contributed by atoms with Crippen molar-refractivity contribution in [2.45, 2.75) is 46.1 Å². The molecule has 0 radical (unpaired) electrons. The minimum Gasteiger partial charge on any atom is -0.480 e. The minimum absolute atomic E-state index is 0.156. The van der Waals surface area contributed by atoms with Crippen molar-refractivity contribution in [1.29, 1.82) is 0 Å². The van der Waals surface area contributed by atoms with Gasteiger partial charge < -0.3 is 20.1 Å². The molecule has 116 valence electrons. The number of carbonyl (C=O) groups excluding carboxylic acids is 2. The van der Waals surface area contributed by atoms with Crippen LogP contribution < -0.4 is 5.32 Å². The Balaban J connectivity index is 4.13. The summed E-state index contributed by atoms with van der Waals surface area (Å²) in [5.74, 6) is -1.35. The number of carboxylic acids is 1. The first-order valence-corrected chi connectivity index (χ1v) is 6.84. The molecule has 0 fully saturated rings. The molecule has 1 atom stereocenters. The van der Waals surface area contributed by atoms with Crippen LogP contribution >= 0.6 is 0 Å². The van der Waals surface area contributed by atoms with Gasteiger partial charge in [-0.25, -0.2) is 4.79 Å². The lowest BCUT2D eigenvalue weighted by atomic mass is 10.2. The summed E-state index contributed by atoms with van der Waals surface area (Å²) >= 11 is 0. The van der Waals surface area contributed by atoms with Gasteiger partial charge in [-0.15, -0.1) is 0 Å². The van der Waals surface area contributed by atoms with Crippen molar-refractivity contribution >= 4 is 18.0 Å². The molecule has 0 rings (SSSR count). The van der Waals surface area contributed by atoms with E-state index in [-0.39, 0.29) is 25.0 Å². The number of rotatable bonds is 9. The molecule has 0 aliphatic heterocycles. The molecule has 0 aromatic carbocycles. The van der Waals surface area contributed by atoms with Gasteiger partial charge >= 0.3 is 18.0 Å². The van der Waals surface area contributed by atoms with Gasteiger partial charge in [0.2, 0.25) is 0 Å². The Morgan fingerprint density at radius 1 is 1.30 bits per heavy atom. The second kappa shape index (κ2) is 10.1. The number of ether oxygens (including phenoxy) is 1. The second-order valence-electron chi connectivity index (χ2n) is 4.42. The van der Waals surface area contributed by atoms with E-state index in [0.29, 0.717) is 26.0 Å². The Morgan fingerprint density at radius 3 is 2.45 bits per heavy atom. The van der Waals surface area contributed by atoms with Crippen LogP contribution in [0, 0.1) is 0 Å². The normalized spacial score (nSPS) is 11.6. The number of nitrogens with one attached hydrogen (secondary N) is 1. The molecule has 0 aliphatic rings. The smallest absolute Gasteiger partial charge is 0.323 e. The van der Waals surface area contributed by atoms with Gasteiger partial charge in [-0.2, -0.15) is 0 Å². The fourth-order valence-electron chi connectivity index (χ4n) is 1.56. The molecular weight excluding hydrogens is 264 g/mol. The highest BCUT2D eigenvalue weighted by Crippen LogP contribution is 2.04. The molecule has 0 aromatic rings. The topological polar surface area (TPSA) is 95.9 Å². The molecular formula is C13H24N2O5. The van der Waals surface area contributed by atoms with Gasteiger partial charge in [-0.3, -0.25) is 9.59 Å². The van der Waals surface area contributed by atoms with E-state index in [4.69, 9.17) is 9.84 Å². The van der Waals surface area contributed by atoms with Crippen molar-refractivity contribution in [2.75, 3.05) is 19.7 Å². The Hall–Kier alpha value is -1.79. The van der Waals surface area contributed by atoms with Crippen LogP contribution in [-0.2, 0) is 14.3 Å². The number of aliphatic carboxylic acids is 1. The number of hydrogen-bond acceptors (Lipinski definition) is 4. The molecule has 1 unspecified atom stereocenters. The fraction of sp³-hybridized carbons (Fsp3) is 0.769. The summed E-state index contributed by atoms with van der Waals surface area (Å²) in [4.78, 5) is 35.0. The third-order valence-corrected chi connectivity index (χ3v) is 2.83. The molecule has 0 saturated heterocycles. The van der Waals surface area contributed by atoms with Crippen molar-refractivity contribution in [3.8, 4) is 0 Å². The van der Waals surface area contributed by atoms with Crippen LogP contribution in [0.5, 0.6) is 0 Å². The number of hydrogen-bond donors (Lipinski definition) is 2. The zero-order chi connectivity index (χ0) is 15.5. The summed E-state index contributed by atoms with van der Waals surface area (Å²) in [5, 5.41) is 11.4. The molecule has 0 aromatic heterocycles. The highest BCUT2D eigenvalue weighted by molar-refractivity contribution is 5.80. The van der Waals surface area contributed by atoms with Gasteiger partial charge in [0, 0.05) is 19.0 Å². The number of carboxylic acid groups (broad SMARTS) is 1. The molecule has 2 N–H and O–H groups in total. The van der Waals surface area contributed by atoms with E-state index in [9.17, 15) is 14.4 Å². The van der Waals surface area contributed by atoms with Crippen molar-refractivity contribution in [3.05, 3.63) is 0 Å². The predicted octanol–water partition coefficient (Wildman–Crippen LogP) is 1.22. The van der Waals surface area contributed by atoms with E-state index in [1.165, 1.54) is 4.90 Å². The lowest BCUT2D eigenvalue weighted by Crippen LogP contribution is -2.47. The lowest BCUT2D eigenvalue weighted by Gasteiger charge is -2.27. The summed E-state index contributed by atoms with van der Waals surface area (Å²) in [7, 11) is 0. The quantitative estimate of drug-likeness (QED) is 0.491. The highest BCUT2D eigenvalue weighted by Gasteiger charge is 2.21. The van der Waals surface area contributed by atoms with Crippen LogP contribution in [0.4, 0.5) is 4.79 Å². The zero-order valence-corrected chi connectivity index (χ0v) is 12.3. The zero-order valence-electron chi connectivity index (χ0n) is 12.3. The molecule has 0 saturated carbocycles. The maximum absolute atomic E-state index is 11.9. The summed E-state index contributed by atoms with van der Waals surface area (Å²) in [5.41, 5.74) is 0. The van der Waals surface area contributed by atoms with Crippen molar-refractivity contribution in [3.63, 3.8) is 0 Å². The molecule has 0 heterocycles. The third-order valence-electron chi connectivity index (χ3n) is 2.83. The average molecular weight is 288 g/mol. The van der Waals surface area contributed by atoms with Crippen LogP contribution in [0.15, 0.2) is 0 Å². The number of nitrogens with zero attached hydrogens (tertiary/aromatic N) is 1. The number of esters is 1. The Labute approximate surface area is 119 Å². The van der Waals surface area contributed by atoms with E-state index in [0.717, 1.165) is 0 Å². The highest BCUT2D eigenvalue weighted by atomic mass is 16.5. The fourth-order valence-corrected chi connectivity index (χ4v) is 1.56. The lowest BCUT2D eigenvalue weighted by molar-refractivity contribution is -0.143. The molecule has 7 heteroatoms. The Morgan fingerprint density at radius 2 is 1.95 bits per heavy atom. The maximum Gasteiger partial charge on any atom is 0.323 e. The average Bonchev–Trinajstić information content (AvgIpc) is 2.40. The van der Waals surface area contributed by atoms with E-state index in [1.54, 1.807) is 13.8 Å². The second-order valence-corrected chi connectivity index (χ2v) is 4.42. The summed E-state index contributed by atoms with van der Waals surface area (Å²) in [6.45, 7) is 5.72. The minimum atomic E-state index is -1.05. The largest absolute Gasteiger partial charge is 0.480 e. The van der Waals surface area contributed by atoms with E-state index in [2.05, 4.69) is 5.32 Å². The monoisotopic (exact) mass is 288 g/mol. The predicted molar refractivity (Wildman–Crippen MR) is 73.4 cm³/mol. The standard InChI is InChI=1S/C13H24N2O5/c1-4-10(3)15(9-11(16)17)13(19)14-8-6-7-12(18)20-5-2/h10H,4-9H2,1-3H3,(H,14,19)(H,16,17). The van der Waals surface area contributed by atoms with E-state index < -0.39 is 12.0 Å². The molecule has 20 heavy (non-hydrogen) atoms. The van der Waals surface area contributed by atoms with Crippen molar-refractivity contribution in [2.24, 2.45) is 0 Å². The number of urea groups is 1.